The molecular weight excluding hydrogens is 1620 g/mol. The molecule has 0 N–H and O–H groups in total. The van der Waals surface area contributed by atoms with Crippen molar-refractivity contribution < 1.29 is 104 Å². The molecule has 9 unspecified atom stereocenters. The lowest BCUT2D eigenvalue weighted by Crippen LogP contribution is -2.58. The highest BCUT2D eigenvalue weighted by Gasteiger charge is 2.65. The molecule has 12 bridgehead atoms. The van der Waals surface area contributed by atoms with Crippen molar-refractivity contribution in [1.29, 1.82) is 0 Å². The summed E-state index contributed by atoms with van der Waals surface area (Å²) in [7, 11) is 6.55. The first-order valence-electron chi connectivity index (χ1n) is 45.6. The van der Waals surface area contributed by atoms with Gasteiger partial charge in [-0.3, -0.25) is 0 Å². The first-order chi connectivity index (χ1) is 61.2. The quantitative estimate of drug-likeness (QED) is 0.0866. The van der Waals surface area contributed by atoms with Crippen molar-refractivity contribution >= 4 is 29.7 Å². The molecule has 17 fully saturated rings. The highest BCUT2D eigenvalue weighted by molar-refractivity contribution is 7.99. The fraction of sp³-hybridized carbons (Fsp3) is 0.505. The minimum atomic E-state index is -1.27. The van der Waals surface area contributed by atoms with Gasteiger partial charge in [-0.15, -0.1) is 0 Å². The van der Waals surface area contributed by atoms with E-state index < -0.39 is 46.6 Å². The molecule has 4 spiro atoms. The zero-order valence-corrected chi connectivity index (χ0v) is 72.9. The van der Waals surface area contributed by atoms with E-state index in [4.69, 9.17) is 90.0 Å². The molecule has 9 aliphatic heterocycles. The number of carbonyl (C=O) groups is 3. The summed E-state index contributed by atoms with van der Waals surface area (Å²) in [6, 6.07) is 54.1. The molecule has 0 radical (unpaired) electrons. The molecule has 8 aromatic rings. The number of rotatable bonds is 11. The third kappa shape index (κ3) is 13.6. The van der Waals surface area contributed by atoms with Crippen molar-refractivity contribution in [2.45, 2.75) is 203 Å². The van der Waals surface area contributed by atoms with Crippen molar-refractivity contribution in [1.82, 2.24) is 0 Å². The SMILES string of the molecule is COc1ccc2c(c1)C1(OCC(C(=O)OC3(C)C4CC5CC(C4)CC3C5)O1)c1ccccc1O2.COc1ccc2c(c1)C1(OCC(C(=O)OC34CC5CC(CC(C5)C3)C4)O1)c1ccccc1O2.COc1ccc2c(c1)C1(OCC(C)(C(=O)OC34CC5CC(CC(C5)C3)C4)O1)c1ccccc1O2.COc1ccc2c(c1)C1(OCC(C3CCOC3)O1)c1ccccc1S2. The minimum absolute atomic E-state index is 0.0534. The van der Waals surface area contributed by atoms with E-state index in [2.05, 4.69) is 31.2 Å². The van der Waals surface area contributed by atoms with Crippen LogP contribution in [-0.4, -0.2) is 127 Å². The molecule has 9 atom stereocenters. The summed E-state index contributed by atoms with van der Waals surface area (Å²) >= 11 is 1.76. The molecule has 12 aliphatic carbocycles. The number of esters is 3. The Hall–Kier alpha value is -9.24. The Morgan fingerprint density at radius 2 is 0.754 bits per heavy atom. The summed E-state index contributed by atoms with van der Waals surface area (Å²) < 4.78 is 117. The number of ether oxygens (including phenoxy) is 19. The van der Waals surface area contributed by atoms with E-state index in [0.29, 0.717) is 128 Å². The van der Waals surface area contributed by atoms with Crippen molar-refractivity contribution in [3.63, 3.8) is 0 Å². The molecule has 21 aliphatic rings. The van der Waals surface area contributed by atoms with E-state index in [9.17, 15) is 14.4 Å². The normalized spacial score (nSPS) is 36.7. The smallest absolute Gasteiger partial charge is 0.341 e. The lowest BCUT2D eigenvalue weighted by Gasteiger charge is -2.59. The highest BCUT2D eigenvalue weighted by Crippen LogP contribution is 2.65. The molecule has 8 aromatic carbocycles. The van der Waals surface area contributed by atoms with Crippen LogP contribution < -0.4 is 33.2 Å². The Bertz CT molecular complexity index is 5510. The number of hydrogen-bond donors (Lipinski definition) is 0. The second-order valence-electron chi connectivity index (χ2n) is 39.3. The molecule has 5 saturated heterocycles. The van der Waals surface area contributed by atoms with E-state index in [0.717, 1.165) is 108 Å². The van der Waals surface area contributed by atoms with Gasteiger partial charge in [0.2, 0.25) is 23.1 Å². The topological polar surface area (TPSA) is 227 Å². The van der Waals surface area contributed by atoms with E-state index in [-0.39, 0.29) is 55.0 Å². The number of benzene rings is 8. The van der Waals surface area contributed by atoms with Gasteiger partial charge in [0.1, 0.15) is 74.3 Å². The average molecular weight is 1730 g/mol. The Labute approximate surface area is 738 Å². The van der Waals surface area contributed by atoms with Crippen molar-refractivity contribution in [3.8, 4) is 57.5 Å². The molecule has 126 heavy (non-hydrogen) atoms. The van der Waals surface area contributed by atoms with E-state index in [1.165, 1.54) is 75.5 Å². The average Bonchev–Trinajstić information content (AvgIpc) is 1.52. The first kappa shape index (κ1) is 81.3. The second kappa shape index (κ2) is 31.0. The lowest BCUT2D eigenvalue weighted by molar-refractivity contribution is -0.216. The van der Waals surface area contributed by atoms with Crippen LogP contribution in [0.25, 0.3) is 0 Å². The van der Waals surface area contributed by atoms with Gasteiger partial charge in [0, 0.05) is 33.4 Å². The maximum absolute atomic E-state index is 13.7. The maximum Gasteiger partial charge on any atom is 0.341 e. The van der Waals surface area contributed by atoms with Crippen LogP contribution in [0.3, 0.4) is 0 Å². The zero-order valence-electron chi connectivity index (χ0n) is 72.1. The molecular formula is C103H108O22S. The summed E-state index contributed by atoms with van der Waals surface area (Å²) in [6.07, 6.45) is 19.4. The summed E-state index contributed by atoms with van der Waals surface area (Å²) in [5, 5.41) is 0. The van der Waals surface area contributed by atoms with Crippen LogP contribution >= 0.6 is 11.8 Å². The number of carbonyl (C=O) groups excluding carboxylic acids is 3. The largest absolute Gasteiger partial charge is 0.497 e. The van der Waals surface area contributed by atoms with Gasteiger partial charge in [0.15, 0.2) is 17.8 Å². The monoisotopic (exact) mass is 1730 g/mol. The third-order valence-corrected chi connectivity index (χ3v) is 32.5. The van der Waals surface area contributed by atoms with Gasteiger partial charge in [0.05, 0.1) is 101 Å². The van der Waals surface area contributed by atoms with Crippen LogP contribution in [-0.2, 0) is 94.4 Å². The van der Waals surface area contributed by atoms with Gasteiger partial charge >= 0.3 is 17.9 Å². The van der Waals surface area contributed by atoms with E-state index in [1.54, 1.807) is 47.1 Å². The molecule has 9 heterocycles. The highest BCUT2D eigenvalue weighted by atomic mass is 32.2. The third-order valence-electron chi connectivity index (χ3n) is 31.3. The van der Waals surface area contributed by atoms with E-state index in [1.807, 2.05) is 146 Å². The van der Waals surface area contributed by atoms with Crippen molar-refractivity contribution in [3.05, 3.63) is 214 Å². The maximum atomic E-state index is 13.7. The van der Waals surface area contributed by atoms with Gasteiger partial charge in [-0.1, -0.05) is 66.4 Å². The second-order valence-corrected chi connectivity index (χ2v) is 40.4. The zero-order chi connectivity index (χ0) is 85.3. The molecule has 23 heteroatoms. The first-order valence-corrected chi connectivity index (χ1v) is 46.5. The van der Waals surface area contributed by atoms with Crippen molar-refractivity contribution in [2.75, 3.05) is 68.1 Å². The fourth-order valence-electron chi connectivity index (χ4n) is 26.3. The van der Waals surface area contributed by atoms with Crippen molar-refractivity contribution in [2.24, 2.45) is 65.1 Å². The number of hydrogen-bond acceptors (Lipinski definition) is 23. The van der Waals surface area contributed by atoms with Gasteiger partial charge in [-0.25, -0.2) is 14.4 Å². The molecule has 29 rings (SSSR count). The van der Waals surface area contributed by atoms with Crippen LogP contribution in [0.4, 0.5) is 0 Å². The number of para-hydroxylation sites is 3. The Morgan fingerprint density at radius 1 is 0.365 bits per heavy atom. The lowest BCUT2D eigenvalue weighted by atomic mass is 9.50. The van der Waals surface area contributed by atoms with Gasteiger partial charge in [0.25, 0.3) is 0 Å². The number of fused-ring (bicyclic) bond motifs is 16. The summed E-state index contributed by atoms with van der Waals surface area (Å²) in [4.78, 5) is 43.0. The molecule has 0 aromatic heterocycles. The molecule has 12 saturated carbocycles. The van der Waals surface area contributed by atoms with Crippen LogP contribution in [0.5, 0.6) is 57.5 Å². The number of methoxy groups -OCH3 is 4. The molecule has 658 valence electrons. The summed E-state index contributed by atoms with van der Waals surface area (Å²) in [5.41, 5.74) is 4.17. The van der Waals surface area contributed by atoms with E-state index >= 15 is 0 Å². The molecule has 0 amide bonds. The predicted octanol–water partition coefficient (Wildman–Crippen LogP) is 19.2. The Morgan fingerprint density at radius 3 is 1.23 bits per heavy atom. The fourth-order valence-corrected chi connectivity index (χ4v) is 27.4. The van der Waals surface area contributed by atoms with Gasteiger partial charge in [-0.2, -0.15) is 0 Å². The van der Waals surface area contributed by atoms with Gasteiger partial charge < -0.3 is 90.0 Å². The summed E-state index contributed by atoms with van der Waals surface area (Å²) in [6.45, 7) is 6.47. The minimum Gasteiger partial charge on any atom is -0.497 e. The standard InChI is InChI=1S/2C28H30O6.C27H28O6.C20H20O4S/c1-26(25(29)33-27-13-17-9-18(14-27)11-19(10-17)15-27)16-31-28(34-26)21-5-3-4-6-23(21)32-24-8-7-20(30-2)12-22(24)28;1-27(18-10-16-9-17(12-18)13-19(27)11-16)34-26(29)25-15-31-28(33-25)21-5-3-4-6-23(21)32-24-8-7-20(30-2)14-22(24)28;1-29-19-6-7-23-21(11-19)27(20-4-2-3-5-22(20)31-23)30-15-24(32-27)25(28)33-26-12-16-8-17(13-26)10-18(9-16)14-26;1-21-14-6-7-19-16(10-14)20(15-4-2-3-5-18(15)25-19)23-12-17(24-20)13-8-9-22-11-13/h3-8,12,17-19H,9-11,13-16H2,1-2H3;3-8,14,16-19,25H,9-13,15H2,1-2H3;2-7,11,16-18,24H,8-10,12-15H2,1H3;2-7,10,13,17H,8-9,11-12H2,1H3. The predicted molar refractivity (Wildman–Crippen MR) is 458 cm³/mol. The Balaban J connectivity index is 0.0000000972. The van der Waals surface area contributed by atoms with Crippen LogP contribution in [0.1, 0.15) is 174 Å². The van der Waals surface area contributed by atoms with Crippen LogP contribution in [0.2, 0.25) is 0 Å². The van der Waals surface area contributed by atoms with Gasteiger partial charge in [-0.05, 0) is 304 Å². The van der Waals surface area contributed by atoms with Crippen LogP contribution in [0.15, 0.2) is 180 Å². The van der Waals surface area contributed by atoms with Crippen LogP contribution in [0, 0.1) is 65.1 Å². The summed E-state index contributed by atoms with van der Waals surface area (Å²) in [5.74, 6) is 8.27. The Kier molecular flexibility index (Phi) is 20.0. The molecule has 22 nitrogen and oxygen atoms in total.